The molecule has 0 aromatic rings. The van der Waals surface area contributed by atoms with E-state index in [1.165, 1.54) is 238 Å². The third kappa shape index (κ3) is 45.8. The molecule has 0 saturated carbocycles. The highest BCUT2D eigenvalue weighted by Gasteiger charge is 2.17. The van der Waals surface area contributed by atoms with E-state index in [-0.39, 0.29) is 12.5 Å². The molecule has 3 N–H and O–H groups in total. The predicted molar refractivity (Wildman–Crippen MR) is 253 cm³/mol. The average molecular weight is 802 g/mol. The van der Waals surface area contributed by atoms with Crippen LogP contribution in [0.3, 0.4) is 0 Å². The summed E-state index contributed by atoms with van der Waals surface area (Å²) in [4.78, 5) is 12.4. The monoisotopic (exact) mass is 802 g/mol. The van der Waals surface area contributed by atoms with E-state index in [1.54, 1.807) is 6.08 Å². The predicted octanol–water partition coefficient (Wildman–Crippen LogP) is 16.8. The second-order valence-corrected chi connectivity index (χ2v) is 17.9. The zero-order valence-corrected chi connectivity index (χ0v) is 38.9. The van der Waals surface area contributed by atoms with Crippen molar-refractivity contribution in [3.8, 4) is 0 Å². The van der Waals surface area contributed by atoms with Gasteiger partial charge < -0.3 is 15.5 Å². The van der Waals surface area contributed by atoms with Gasteiger partial charge in [-0.3, -0.25) is 4.79 Å². The summed E-state index contributed by atoms with van der Waals surface area (Å²) in [6, 6.07) is -0.635. The van der Waals surface area contributed by atoms with Crippen LogP contribution in [-0.2, 0) is 4.79 Å². The van der Waals surface area contributed by atoms with Gasteiger partial charge in [0.15, 0.2) is 0 Å². The minimum absolute atomic E-state index is 0.0708. The Morgan fingerprint density at radius 3 is 1.02 bits per heavy atom. The molecule has 0 fully saturated rings. The SMILES string of the molecule is CCCCCCCCCCCCCCCCCCCCCCCCCCCC/C=C/CC/C=C/C(O)C(CO)NC(=O)CCCCCCCCCCCCCCC. The second kappa shape index (κ2) is 49.2. The minimum atomic E-state index is -0.858. The first-order chi connectivity index (χ1) is 28.2. The van der Waals surface area contributed by atoms with Crippen LogP contribution < -0.4 is 5.32 Å². The number of carbonyl (C=O) groups excluding carboxylic acids is 1. The van der Waals surface area contributed by atoms with Crippen molar-refractivity contribution in [2.24, 2.45) is 0 Å². The molecule has 0 rings (SSSR count). The van der Waals surface area contributed by atoms with E-state index in [0.29, 0.717) is 6.42 Å². The highest BCUT2D eigenvalue weighted by atomic mass is 16.3. The Balaban J connectivity index is 3.46. The Hall–Kier alpha value is -1.13. The molecular formula is C53H103NO3. The maximum atomic E-state index is 12.4. The summed E-state index contributed by atoms with van der Waals surface area (Å²) in [6.07, 6.45) is 64.8. The number of allylic oxidation sites excluding steroid dienone is 3. The van der Waals surface area contributed by atoms with Crippen molar-refractivity contribution >= 4 is 5.91 Å². The summed E-state index contributed by atoms with van der Waals surface area (Å²) in [5, 5.41) is 23.0. The van der Waals surface area contributed by atoms with Gasteiger partial charge in [0.1, 0.15) is 0 Å². The number of aliphatic hydroxyl groups excluding tert-OH is 2. The molecule has 4 heteroatoms. The van der Waals surface area contributed by atoms with Crippen molar-refractivity contribution in [2.45, 2.75) is 302 Å². The van der Waals surface area contributed by atoms with Gasteiger partial charge in [0.25, 0.3) is 0 Å². The van der Waals surface area contributed by atoms with Gasteiger partial charge in [-0.25, -0.2) is 0 Å². The average Bonchev–Trinajstić information content (AvgIpc) is 3.22. The van der Waals surface area contributed by atoms with Crippen molar-refractivity contribution in [3.05, 3.63) is 24.3 Å². The summed E-state index contributed by atoms with van der Waals surface area (Å²) in [5.41, 5.74) is 0. The van der Waals surface area contributed by atoms with Gasteiger partial charge in [-0.15, -0.1) is 0 Å². The largest absolute Gasteiger partial charge is 0.394 e. The molecule has 2 unspecified atom stereocenters. The molecule has 4 nitrogen and oxygen atoms in total. The standard InChI is InChI=1S/C53H103NO3/c1-3-5-7-9-11-13-15-17-18-19-20-21-22-23-24-25-26-27-28-29-30-31-32-33-34-35-37-38-40-42-44-46-48-52(56)51(50-55)54-53(57)49-47-45-43-41-39-36-16-14-12-10-8-6-4-2/h38,40,46,48,51-52,55-56H,3-37,39,41-45,47,49-50H2,1-2H3,(H,54,57)/b40-38+,48-46+. The van der Waals surface area contributed by atoms with E-state index >= 15 is 0 Å². The maximum Gasteiger partial charge on any atom is 0.220 e. The fraction of sp³-hybridized carbons (Fsp3) is 0.906. The molecule has 0 radical (unpaired) electrons. The molecule has 1 amide bonds. The van der Waals surface area contributed by atoms with Gasteiger partial charge in [-0.05, 0) is 32.1 Å². The van der Waals surface area contributed by atoms with Crippen LogP contribution in [0.5, 0.6) is 0 Å². The first kappa shape index (κ1) is 55.9. The number of unbranched alkanes of at least 4 members (excludes halogenated alkanes) is 39. The summed E-state index contributed by atoms with van der Waals surface area (Å²) < 4.78 is 0. The van der Waals surface area contributed by atoms with Gasteiger partial charge >= 0.3 is 0 Å². The molecule has 2 atom stereocenters. The molecule has 0 heterocycles. The van der Waals surface area contributed by atoms with Crippen molar-refractivity contribution in [1.82, 2.24) is 5.32 Å². The zero-order chi connectivity index (χ0) is 41.4. The normalized spacial score (nSPS) is 13.0. The number of hydrogen-bond acceptors (Lipinski definition) is 3. The molecule has 0 aromatic heterocycles. The van der Waals surface area contributed by atoms with Crippen LogP contribution >= 0.6 is 0 Å². The van der Waals surface area contributed by atoms with E-state index < -0.39 is 12.1 Å². The third-order valence-corrected chi connectivity index (χ3v) is 12.2. The quantitative estimate of drug-likeness (QED) is 0.0424. The van der Waals surface area contributed by atoms with Crippen molar-refractivity contribution in [1.29, 1.82) is 0 Å². The lowest BCUT2D eigenvalue weighted by Gasteiger charge is -2.19. The number of amides is 1. The van der Waals surface area contributed by atoms with Gasteiger partial charge in [-0.2, -0.15) is 0 Å². The Kier molecular flexibility index (Phi) is 48.3. The van der Waals surface area contributed by atoms with Crippen LogP contribution in [0.1, 0.15) is 290 Å². The van der Waals surface area contributed by atoms with Gasteiger partial charge in [-0.1, -0.05) is 276 Å². The van der Waals surface area contributed by atoms with Gasteiger partial charge in [0, 0.05) is 6.42 Å². The first-order valence-electron chi connectivity index (χ1n) is 26.1. The molecule has 0 aliphatic carbocycles. The lowest BCUT2D eigenvalue weighted by atomic mass is 10.0. The molecule has 0 saturated heterocycles. The fourth-order valence-electron chi connectivity index (χ4n) is 8.20. The molecule has 0 aromatic carbocycles. The number of nitrogens with one attached hydrogen (secondary N) is 1. The van der Waals surface area contributed by atoms with E-state index in [2.05, 4.69) is 31.3 Å². The van der Waals surface area contributed by atoms with Crippen molar-refractivity contribution in [2.75, 3.05) is 6.61 Å². The topological polar surface area (TPSA) is 69.6 Å². The van der Waals surface area contributed by atoms with Crippen molar-refractivity contribution in [3.63, 3.8) is 0 Å². The van der Waals surface area contributed by atoms with Gasteiger partial charge in [0.05, 0.1) is 18.8 Å². The lowest BCUT2D eigenvalue weighted by Crippen LogP contribution is -2.45. The Labute approximate surface area is 358 Å². The third-order valence-electron chi connectivity index (χ3n) is 12.2. The highest BCUT2D eigenvalue weighted by molar-refractivity contribution is 5.76. The second-order valence-electron chi connectivity index (χ2n) is 17.9. The zero-order valence-electron chi connectivity index (χ0n) is 38.9. The molecular weight excluding hydrogens is 699 g/mol. The Morgan fingerprint density at radius 2 is 0.684 bits per heavy atom. The summed E-state index contributed by atoms with van der Waals surface area (Å²) >= 11 is 0. The molecule has 0 spiro atoms. The fourth-order valence-corrected chi connectivity index (χ4v) is 8.20. The molecule has 0 aliphatic heterocycles. The molecule has 338 valence electrons. The first-order valence-corrected chi connectivity index (χ1v) is 26.1. The summed E-state index contributed by atoms with van der Waals surface area (Å²) in [5.74, 6) is -0.0708. The molecule has 57 heavy (non-hydrogen) atoms. The van der Waals surface area contributed by atoms with Gasteiger partial charge in [0.2, 0.25) is 5.91 Å². The number of hydrogen-bond donors (Lipinski definition) is 3. The van der Waals surface area contributed by atoms with Crippen LogP contribution in [0.2, 0.25) is 0 Å². The number of rotatable bonds is 48. The van der Waals surface area contributed by atoms with E-state index in [9.17, 15) is 15.0 Å². The molecule has 0 aliphatic rings. The summed E-state index contributed by atoms with van der Waals surface area (Å²) in [7, 11) is 0. The van der Waals surface area contributed by atoms with E-state index in [4.69, 9.17) is 0 Å². The van der Waals surface area contributed by atoms with Crippen LogP contribution in [0.4, 0.5) is 0 Å². The number of carbonyl (C=O) groups is 1. The van der Waals surface area contributed by atoms with E-state index in [1.807, 2.05) is 6.08 Å². The van der Waals surface area contributed by atoms with E-state index in [0.717, 1.165) is 32.1 Å². The minimum Gasteiger partial charge on any atom is -0.394 e. The number of aliphatic hydroxyl groups is 2. The summed E-state index contributed by atoms with van der Waals surface area (Å²) in [6.45, 7) is 4.32. The highest BCUT2D eigenvalue weighted by Crippen LogP contribution is 2.17. The van der Waals surface area contributed by atoms with Crippen LogP contribution in [0, 0.1) is 0 Å². The smallest absolute Gasteiger partial charge is 0.220 e. The van der Waals surface area contributed by atoms with Crippen molar-refractivity contribution < 1.29 is 15.0 Å². The maximum absolute atomic E-state index is 12.4. The lowest BCUT2D eigenvalue weighted by molar-refractivity contribution is -0.123. The van der Waals surface area contributed by atoms with Crippen LogP contribution in [0.25, 0.3) is 0 Å². The van der Waals surface area contributed by atoms with Crippen LogP contribution in [-0.4, -0.2) is 34.9 Å². The Bertz CT molecular complexity index is 825. The molecule has 0 bridgehead atoms. The van der Waals surface area contributed by atoms with Crippen LogP contribution in [0.15, 0.2) is 24.3 Å². The Morgan fingerprint density at radius 1 is 0.404 bits per heavy atom.